The smallest absolute Gasteiger partial charge is 0.167 e. The van der Waals surface area contributed by atoms with E-state index in [0.717, 1.165) is 32.2 Å². The normalized spacial score (nSPS) is 16.2. The molecular formula is C23H20Cl2F2N6O. The van der Waals surface area contributed by atoms with E-state index in [1.54, 1.807) is 0 Å². The Morgan fingerprint density at radius 1 is 1.12 bits per heavy atom. The van der Waals surface area contributed by atoms with Gasteiger partial charge in [-0.3, -0.25) is 10.4 Å². The molecule has 0 radical (unpaired) electrons. The summed E-state index contributed by atoms with van der Waals surface area (Å²) in [5, 5.41) is 12.3. The van der Waals surface area contributed by atoms with Crippen LogP contribution in [0.4, 0.5) is 20.3 Å². The first-order chi connectivity index (χ1) is 16.3. The minimum Gasteiger partial charge on any atom is -0.486 e. The lowest BCUT2D eigenvalue weighted by Gasteiger charge is -2.56. The van der Waals surface area contributed by atoms with E-state index < -0.39 is 11.6 Å². The Hall–Kier alpha value is -3.01. The van der Waals surface area contributed by atoms with Crippen LogP contribution >= 0.6 is 23.2 Å². The molecule has 1 spiro atoms. The van der Waals surface area contributed by atoms with Gasteiger partial charge < -0.3 is 20.7 Å². The van der Waals surface area contributed by atoms with Gasteiger partial charge in [0.25, 0.3) is 0 Å². The highest BCUT2D eigenvalue weighted by molar-refractivity contribution is 6.35. The van der Waals surface area contributed by atoms with Crippen molar-refractivity contribution in [2.45, 2.75) is 6.61 Å². The molecule has 4 N–H and O–H groups in total. The van der Waals surface area contributed by atoms with E-state index in [-0.39, 0.29) is 56.2 Å². The lowest BCUT2D eigenvalue weighted by molar-refractivity contribution is 0.119. The summed E-state index contributed by atoms with van der Waals surface area (Å²) in [4.78, 5) is 10.00. The van der Waals surface area contributed by atoms with Gasteiger partial charge in [0.2, 0.25) is 0 Å². The fraction of sp³-hybridized carbons (Fsp3) is 0.261. The van der Waals surface area contributed by atoms with Crippen LogP contribution in [0.15, 0.2) is 36.8 Å². The predicted molar refractivity (Wildman–Crippen MR) is 127 cm³/mol. The summed E-state index contributed by atoms with van der Waals surface area (Å²) >= 11 is 12.2. The van der Waals surface area contributed by atoms with E-state index in [0.29, 0.717) is 5.56 Å². The Bertz CT molecular complexity index is 1270. The molecule has 0 amide bonds. The summed E-state index contributed by atoms with van der Waals surface area (Å²) in [6, 6.07) is 3.60. The van der Waals surface area contributed by atoms with E-state index in [1.165, 1.54) is 30.7 Å². The van der Waals surface area contributed by atoms with Gasteiger partial charge >= 0.3 is 0 Å². The van der Waals surface area contributed by atoms with Gasteiger partial charge in [0.15, 0.2) is 23.2 Å². The molecule has 2 aromatic heterocycles. The Kier molecular flexibility index (Phi) is 5.79. The molecule has 176 valence electrons. The lowest BCUT2D eigenvalue weighted by Crippen LogP contribution is -2.71. The molecule has 11 heteroatoms. The van der Waals surface area contributed by atoms with Crippen molar-refractivity contribution in [3.63, 3.8) is 0 Å². The van der Waals surface area contributed by atoms with Crippen molar-refractivity contribution in [3.05, 3.63) is 75.2 Å². The van der Waals surface area contributed by atoms with E-state index in [1.807, 2.05) is 4.90 Å². The largest absolute Gasteiger partial charge is 0.486 e. The van der Waals surface area contributed by atoms with Crippen molar-refractivity contribution >= 4 is 40.4 Å². The van der Waals surface area contributed by atoms with Crippen LogP contribution in [0.25, 0.3) is 0 Å². The average Bonchev–Trinajstić information content (AvgIpc) is 2.73. The number of rotatable bonds is 6. The Morgan fingerprint density at radius 3 is 2.44 bits per heavy atom. The highest BCUT2D eigenvalue weighted by Gasteiger charge is 2.48. The molecule has 34 heavy (non-hydrogen) atoms. The quantitative estimate of drug-likeness (QED) is 0.346. The number of halogens is 4. The second-order valence-electron chi connectivity index (χ2n) is 8.60. The van der Waals surface area contributed by atoms with Crippen LogP contribution < -0.4 is 20.7 Å². The third-order valence-electron chi connectivity index (χ3n) is 6.16. The zero-order chi connectivity index (χ0) is 24.0. The standard InChI is InChI=1S/C23H20Cl2F2N6O/c24-15-5-30-6-16(25)14(15)7-34-20-2-13(19(28)3-17(20)26)21(29)12-1-18(27)22(32-4-12)33-10-23(11-33)8-31-9-23/h1-6,29,31H,7-11,28H2. The predicted octanol–water partition coefficient (Wildman–Crippen LogP) is 4.05. The Labute approximate surface area is 204 Å². The topological polar surface area (TPSA) is 100 Å². The summed E-state index contributed by atoms with van der Waals surface area (Å²) in [7, 11) is 0. The van der Waals surface area contributed by atoms with Gasteiger partial charge in [-0.25, -0.2) is 13.8 Å². The van der Waals surface area contributed by atoms with Gasteiger partial charge in [-0.1, -0.05) is 23.2 Å². The lowest BCUT2D eigenvalue weighted by atomic mass is 9.74. The van der Waals surface area contributed by atoms with Crippen molar-refractivity contribution in [2.24, 2.45) is 5.41 Å². The van der Waals surface area contributed by atoms with Crippen LogP contribution in [0.2, 0.25) is 10.0 Å². The van der Waals surface area contributed by atoms with Gasteiger partial charge in [0, 0.05) is 78.6 Å². The molecule has 3 aromatic rings. The molecule has 0 saturated carbocycles. The molecule has 0 atom stereocenters. The molecule has 1 aromatic carbocycles. The number of anilines is 2. The van der Waals surface area contributed by atoms with Gasteiger partial charge in [-0.15, -0.1) is 0 Å². The van der Waals surface area contributed by atoms with Crippen LogP contribution in [0, 0.1) is 22.5 Å². The summed E-state index contributed by atoms with van der Waals surface area (Å²) in [5.41, 5.74) is 6.94. The molecule has 2 aliphatic heterocycles. The van der Waals surface area contributed by atoms with Crippen LogP contribution in [-0.2, 0) is 6.61 Å². The summed E-state index contributed by atoms with van der Waals surface area (Å²) in [6.45, 7) is 3.24. The highest BCUT2D eigenvalue weighted by atomic mass is 35.5. The Balaban J connectivity index is 1.36. The van der Waals surface area contributed by atoms with Crippen molar-refractivity contribution < 1.29 is 13.5 Å². The maximum Gasteiger partial charge on any atom is 0.167 e. The number of nitrogen functional groups attached to an aromatic ring is 1. The summed E-state index contributed by atoms with van der Waals surface area (Å²) in [5.74, 6) is -1.13. The maximum absolute atomic E-state index is 14.8. The van der Waals surface area contributed by atoms with Gasteiger partial charge in [0.05, 0.1) is 15.8 Å². The summed E-state index contributed by atoms with van der Waals surface area (Å²) < 4.78 is 34.9. The third-order valence-corrected chi connectivity index (χ3v) is 6.81. The van der Waals surface area contributed by atoms with Crippen molar-refractivity contribution in [2.75, 3.05) is 36.8 Å². The number of benzene rings is 1. The number of hydrogen-bond donors (Lipinski definition) is 3. The fourth-order valence-corrected chi connectivity index (χ4v) is 4.67. The highest BCUT2D eigenvalue weighted by Crippen LogP contribution is 2.38. The number of nitrogens with two attached hydrogens (primary N) is 1. The van der Waals surface area contributed by atoms with Gasteiger partial charge in [0.1, 0.15) is 6.61 Å². The molecule has 0 unspecified atom stereocenters. The molecule has 2 aliphatic rings. The number of nitrogens with one attached hydrogen (secondary N) is 2. The molecule has 4 heterocycles. The average molecular weight is 505 g/mol. The minimum atomic E-state index is -0.716. The SMILES string of the molecule is N=C(c1cnc(N2CC3(CNC3)C2)c(F)c1)c1cc(OCc2c(Cl)cncc2Cl)c(F)cc1N. The van der Waals surface area contributed by atoms with E-state index in [4.69, 9.17) is 39.1 Å². The number of aromatic nitrogens is 2. The maximum atomic E-state index is 14.8. The van der Waals surface area contributed by atoms with Gasteiger partial charge in [-0.05, 0) is 12.1 Å². The summed E-state index contributed by atoms with van der Waals surface area (Å²) in [6.07, 6.45) is 4.23. The Morgan fingerprint density at radius 2 is 1.82 bits per heavy atom. The zero-order valence-corrected chi connectivity index (χ0v) is 19.4. The first-order valence-corrected chi connectivity index (χ1v) is 11.2. The molecule has 7 nitrogen and oxygen atoms in total. The third kappa shape index (κ3) is 4.04. The number of nitrogens with zero attached hydrogens (tertiary/aromatic N) is 3. The molecule has 5 rings (SSSR count). The van der Waals surface area contributed by atoms with Crippen molar-refractivity contribution in [1.82, 2.24) is 15.3 Å². The molecule has 0 aliphatic carbocycles. The second kappa shape index (κ2) is 8.65. The molecule has 0 bridgehead atoms. The number of ether oxygens (including phenoxy) is 1. The first-order valence-electron chi connectivity index (χ1n) is 10.5. The molecular weight excluding hydrogens is 485 g/mol. The minimum absolute atomic E-state index is 0.0153. The zero-order valence-electron chi connectivity index (χ0n) is 17.8. The van der Waals surface area contributed by atoms with Crippen LogP contribution in [-0.4, -0.2) is 41.9 Å². The van der Waals surface area contributed by atoms with E-state index in [9.17, 15) is 8.78 Å². The first kappa shape index (κ1) is 22.8. The van der Waals surface area contributed by atoms with Crippen LogP contribution in [0.5, 0.6) is 5.75 Å². The van der Waals surface area contributed by atoms with E-state index in [2.05, 4.69) is 15.3 Å². The van der Waals surface area contributed by atoms with Crippen LogP contribution in [0.1, 0.15) is 16.7 Å². The molecule has 2 fully saturated rings. The number of hydrogen-bond acceptors (Lipinski definition) is 7. The monoisotopic (exact) mass is 504 g/mol. The second-order valence-corrected chi connectivity index (χ2v) is 9.42. The number of pyridine rings is 2. The molecule has 2 saturated heterocycles. The fourth-order valence-electron chi connectivity index (χ4n) is 4.19. The van der Waals surface area contributed by atoms with Crippen LogP contribution in [0.3, 0.4) is 0 Å². The van der Waals surface area contributed by atoms with Crippen molar-refractivity contribution in [1.29, 1.82) is 5.41 Å². The van der Waals surface area contributed by atoms with Gasteiger partial charge in [-0.2, -0.15) is 0 Å². The van der Waals surface area contributed by atoms with Crippen molar-refractivity contribution in [3.8, 4) is 5.75 Å². The van der Waals surface area contributed by atoms with E-state index >= 15 is 0 Å².